The molecule has 0 bridgehead atoms. The van der Waals surface area contributed by atoms with Crippen molar-refractivity contribution in [1.82, 2.24) is 4.90 Å². The van der Waals surface area contributed by atoms with E-state index in [0.717, 1.165) is 51.6 Å². The van der Waals surface area contributed by atoms with Crippen LogP contribution in [0.1, 0.15) is 64.7 Å². The predicted molar refractivity (Wildman–Crippen MR) is 77.4 cm³/mol. The Balaban J connectivity index is 1.96. The van der Waals surface area contributed by atoms with Crippen molar-refractivity contribution in [3.63, 3.8) is 0 Å². The standard InChI is InChI=1S/C16H27NO3/c1-13-5-9-17(10-6-13)14(18)11-16(12-15(19)20)7-3-2-4-8-16/h13H,2-12H2,1H3,(H,19,20). The first kappa shape index (κ1) is 15.3. The molecule has 1 aliphatic carbocycles. The van der Waals surface area contributed by atoms with Crippen LogP contribution in [0.5, 0.6) is 0 Å². The minimum Gasteiger partial charge on any atom is -0.481 e. The Morgan fingerprint density at radius 3 is 2.25 bits per heavy atom. The van der Waals surface area contributed by atoms with Gasteiger partial charge in [-0.25, -0.2) is 0 Å². The maximum atomic E-state index is 12.5. The first-order valence-corrected chi connectivity index (χ1v) is 8.00. The number of carbonyl (C=O) groups is 2. The van der Waals surface area contributed by atoms with Crippen molar-refractivity contribution in [3.8, 4) is 0 Å². The van der Waals surface area contributed by atoms with Crippen molar-refractivity contribution in [2.75, 3.05) is 13.1 Å². The minimum absolute atomic E-state index is 0.156. The van der Waals surface area contributed by atoms with Crippen LogP contribution >= 0.6 is 0 Å². The van der Waals surface area contributed by atoms with Crippen molar-refractivity contribution in [1.29, 1.82) is 0 Å². The zero-order chi connectivity index (χ0) is 14.6. The highest BCUT2D eigenvalue weighted by molar-refractivity contribution is 5.78. The summed E-state index contributed by atoms with van der Waals surface area (Å²) in [5.74, 6) is 0.133. The van der Waals surface area contributed by atoms with E-state index in [1.165, 1.54) is 6.42 Å². The van der Waals surface area contributed by atoms with Gasteiger partial charge in [0.25, 0.3) is 0 Å². The van der Waals surface area contributed by atoms with E-state index in [2.05, 4.69) is 6.92 Å². The number of aliphatic carboxylic acids is 1. The first-order chi connectivity index (χ1) is 9.51. The van der Waals surface area contributed by atoms with Gasteiger partial charge in [-0.15, -0.1) is 0 Å². The van der Waals surface area contributed by atoms with E-state index in [0.29, 0.717) is 12.3 Å². The summed E-state index contributed by atoms with van der Waals surface area (Å²) in [6, 6.07) is 0. The van der Waals surface area contributed by atoms with Crippen LogP contribution in [0.2, 0.25) is 0 Å². The van der Waals surface area contributed by atoms with Gasteiger partial charge in [-0.2, -0.15) is 0 Å². The summed E-state index contributed by atoms with van der Waals surface area (Å²) in [5.41, 5.74) is -0.274. The number of nitrogens with zero attached hydrogens (tertiary/aromatic N) is 1. The molecule has 20 heavy (non-hydrogen) atoms. The lowest BCUT2D eigenvalue weighted by atomic mass is 9.69. The van der Waals surface area contributed by atoms with Gasteiger partial charge in [0.05, 0.1) is 6.42 Å². The fraction of sp³-hybridized carbons (Fsp3) is 0.875. The van der Waals surface area contributed by atoms with E-state index in [1.54, 1.807) is 0 Å². The molecule has 0 radical (unpaired) electrons. The van der Waals surface area contributed by atoms with Gasteiger partial charge < -0.3 is 10.0 Å². The zero-order valence-electron chi connectivity index (χ0n) is 12.6. The fourth-order valence-electron chi connectivity index (χ4n) is 3.73. The first-order valence-electron chi connectivity index (χ1n) is 8.00. The van der Waals surface area contributed by atoms with E-state index < -0.39 is 5.97 Å². The number of hydrogen-bond acceptors (Lipinski definition) is 2. The van der Waals surface area contributed by atoms with Crippen molar-refractivity contribution in [2.45, 2.75) is 64.7 Å². The highest BCUT2D eigenvalue weighted by atomic mass is 16.4. The lowest BCUT2D eigenvalue weighted by Gasteiger charge is -2.38. The molecule has 2 aliphatic rings. The van der Waals surface area contributed by atoms with Gasteiger partial charge in [-0.3, -0.25) is 9.59 Å². The molecule has 1 saturated carbocycles. The lowest BCUT2D eigenvalue weighted by Crippen LogP contribution is -2.41. The largest absolute Gasteiger partial charge is 0.481 e. The van der Waals surface area contributed by atoms with Crippen molar-refractivity contribution in [3.05, 3.63) is 0 Å². The predicted octanol–water partition coefficient (Wildman–Crippen LogP) is 3.06. The second-order valence-corrected chi connectivity index (χ2v) is 6.87. The van der Waals surface area contributed by atoms with Gasteiger partial charge in [-0.1, -0.05) is 26.2 Å². The Morgan fingerprint density at radius 2 is 1.70 bits per heavy atom. The molecular weight excluding hydrogens is 254 g/mol. The molecule has 1 saturated heterocycles. The molecule has 0 aromatic heterocycles. The lowest BCUT2D eigenvalue weighted by molar-refractivity contribution is -0.143. The fourth-order valence-corrected chi connectivity index (χ4v) is 3.73. The third kappa shape index (κ3) is 3.97. The van der Waals surface area contributed by atoms with Crippen LogP contribution in [-0.2, 0) is 9.59 Å². The average molecular weight is 281 g/mol. The summed E-state index contributed by atoms with van der Waals surface area (Å²) in [6.45, 7) is 3.93. The molecule has 4 heteroatoms. The van der Waals surface area contributed by atoms with E-state index in [-0.39, 0.29) is 17.7 Å². The Labute approximate surface area is 121 Å². The zero-order valence-corrected chi connectivity index (χ0v) is 12.6. The molecule has 1 amide bonds. The van der Waals surface area contributed by atoms with E-state index in [1.807, 2.05) is 4.90 Å². The minimum atomic E-state index is -0.757. The highest BCUT2D eigenvalue weighted by Gasteiger charge is 2.37. The second-order valence-electron chi connectivity index (χ2n) is 6.87. The molecule has 0 atom stereocenters. The molecule has 0 spiro atoms. The second kappa shape index (κ2) is 6.59. The molecule has 2 fully saturated rings. The summed E-state index contributed by atoms with van der Waals surface area (Å²) in [5, 5.41) is 9.16. The van der Waals surface area contributed by atoms with Crippen LogP contribution < -0.4 is 0 Å². The quantitative estimate of drug-likeness (QED) is 0.861. The molecule has 0 aromatic rings. The van der Waals surface area contributed by atoms with E-state index in [4.69, 9.17) is 5.11 Å². The summed E-state index contributed by atoms with van der Waals surface area (Å²) in [4.78, 5) is 25.6. The molecule has 1 heterocycles. The number of amides is 1. The number of piperidine rings is 1. The SMILES string of the molecule is CC1CCN(C(=O)CC2(CC(=O)O)CCCCC2)CC1. The summed E-state index contributed by atoms with van der Waals surface area (Å²) < 4.78 is 0. The molecule has 1 N–H and O–H groups in total. The summed E-state index contributed by atoms with van der Waals surface area (Å²) in [6.07, 6.45) is 7.86. The average Bonchev–Trinajstić information content (AvgIpc) is 2.39. The van der Waals surface area contributed by atoms with E-state index >= 15 is 0 Å². The number of likely N-dealkylation sites (tertiary alicyclic amines) is 1. The van der Waals surface area contributed by atoms with Gasteiger partial charge >= 0.3 is 5.97 Å². The number of carboxylic acids is 1. The van der Waals surface area contributed by atoms with Crippen LogP contribution in [0.25, 0.3) is 0 Å². The van der Waals surface area contributed by atoms with Crippen LogP contribution in [0.3, 0.4) is 0 Å². The number of rotatable bonds is 4. The van der Waals surface area contributed by atoms with Crippen molar-refractivity contribution >= 4 is 11.9 Å². The molecule has 0 unspecified atom stereocenters. The third-order valence-corrected chi connectivity index (χ3v) is 5.10. The molecule has 0 aromatic carbocycles. The van der Waals surface area contributed by atoms with Gasteiger partial charge in [-0.05, 0) is 37.0 Å². The normalized spacial score (nSPS) is 23.6. The number of hydrogen-bond donors (Lipinski definition) is 1. The highest BCUT2D eigenvalue weighted by Crippen LogP contribution is 2.42. The van der Waals surface area contributed by atoms with Crippen LogP contribution in [0.4, 0.5) is 0 Å². The number of carbonyl (C=O) groups excluding carboxylic acids is 1. The van der Waals surface area contributed by atoms with Gasteiger partial charge in [0.15, 0.2) is 0 Å². The number of carboxylic acid groups (broad SMARTS) is 1. The Bertz CT molecular complexity index is 353. The maximum absolute atomic E-state index is 12.5. The Morgan fingerprint density at radius 1 is 1.10 bits per heavy atom. The van der Waals surface area contributed by atoms with E-state index in [9.17, 15) is 9.59 Å². The monoisotopic (exact) mass is 281 g/mol. The van der Waals surface area contributed by atoms with Crippen LogP contribution in [0.15, 0.2) is 0 Å². The van der Waals surface area contributed by atoms with Crippen LogP contribution in [0, 0.1) is 11.3 Å². The molecule has 114 valence electrons. The third-order valence-electron chi connectivity index (χ3n) is 5.10. The molecule has 4 nitrogen and oxygen atoms in total. The van der Waals surface area contributed by atoms with Gasteiger partial charge in [0.1, 0.15) is 0 Å². The molecule has 2 rings (SSSR count). The van der Waals surface area contributed by atoms with Crippen molar-refractivity contribution < 1.29 is 14.7 Å². The molecular formula is C16H27NO3. The Kier molecular flexibility index (Phi) is 5.06. The summed E-state index contributed by atoms with van der Waals surface area (Å²) in [7, 11) is 0. The smallest absolute Gasteiger partial charge is 0.303 e. The van der Waals surface area contributed by atoms with Gasteiger partial charge in [0.2, 0.25) is 5.91 Å². The van der Waals surface area contributed by atoms with Crippen molar-refractivity contribution in [2.24, 2.45) is 11.3 Å². The molecule has 1 aliphatic heterocycles. The maximum Gasteiger partial charge on any atom is 0.303 e. The topological polar surface area (TPSA) is 57.6 Å². The summed E-state index contributed by atoms with van der Waals surface area (Å²) >= 11 is 0. The Hall–Kier alpha value is -1.06. The van der Waals surface area contributed by atoms with Gasteiger partial charge in [0, 0.05) is 19.5 Å². The van der Waals surface area contributed by atoms with Crippen LogP contribution in [-0.4, -0.2) is 35.0 Å².